The molecule has 1 aromatic heterocycles. The number of allylic oxidation sites excluding steroid dienone is 4. The Bertz CT molecular complexity index is 2590. The molecule has 372 valence electrons. The molecule has 4 fully saturated rings. The van der Waals surface area contributed by atoms with Gasteiger partial charge >= 0.3 is 12.1 Å². The molecule has 0 spiro atoms. The highest BCUT2D eigenvalue weighted by atomic mass is 32.1. The fourth-order valence-electron chi connectivity index (χ4n) is 11.5. The molecule has 8 rings (SSSR count). The van der Waals surface area contributed by atoms with Gasteiger partial charge in [-0.2, -0.15) is 0 Å². The number of aliphatic hydroxyl groups excluding tert-OH is 2. The van der Waals surface area contributed by atoms with Crippen LogP contribution in [0.2, 0.25) is 0 Å². The third-order valence-electron chi connectivity index (χ3n) is 14.7. The summed E-state index contributed by atoms with van der Waals surface area (Å²) in [5.74, 6) is 1.27. The normalized spacial score (nSPS) is 28.8. The second-order valence-electron chi connectivity index (χ2n) is 18.9. The lowest BCUT2D eigenvalue weighted by Crippen LogP contribution is -2.63. The molecule has 2 aromatic carbocycles. The highest BCUT2D eigenvalue weighted by Gasteiger charge is 2.76. The van der Waals surface area contributed by atoms with E-state index in [9.17, 15) is 43.8 Å². The number of aromatic nitrogens is 1. The van der Waals surface area contributed by atoms with Crippen LogP contribution in [0.4, 0.5) is 16.3 Å². The molecular weight excluding hydrogens is 929 g/mol. The lowest BCUT2D eigenvalue weighted by Gasteiger charge is -2.59. The van der Waals surface area contributed by atoms with Crippen molar-refractivity contribution in [2.75, 3.05) is 30.4 Å². The van der Waals surface area contributed by atoms with E-state index in [1.807, 2.05) is 37.3 Å². The second kappa shape index (κ2) is 20.6. The molecule has 0 unspecified atom stereocenters. The standard InChI is InChI=1S/C49H56N6O14S/c1-47-16-15-31(57)18-29(47)9-12-32-33-19-37-49(36(59)22-56,48(33,2)20-35(58)43(32)47)69-45(68-37)28-7-3-26(4-8-28)17-41-54-38(25-70-41)55-46(65)66-23-27-5-10-30(11-6-27)52-44(64)34(13-14-42(62)63)53-39(60)21-51-40(61)24-67-50/h3-8,10-11,15-16,18,25,32-35,37,43,45,56,58H,9,12-14,17,19-24,50H2,1-2H3,(H,51,61)(H,52,64)(H,53,60)(H,55,65)(H,62,63)/t32-,33-,34-,35-,37+,43+,45-,47-,48-,49+/m0/s1. The quantitative estimate of drug-likeness (QED) is 0.0848. The Morgan fingerprint density at radius 3 is 2.47 bits per heavy atom. The molecule has 1 aliphatic heterocycles. The number of aliphatic carboxylic acids is 1. The molecule has 10 atom stereocenters. The van der Waals surface area contributed by atoms with Crippen LogP contribution in [0.1, 0.15) is 80.4 Å². The zero-order valence-corrected chi connectivity index (χ0v) is 39.3. The van der Waals surface area contributed by atoms with Crippen molar-refractivity contribution < 1.29 is 67.9 Å². The van der Waals surface area contributed by atoms with Crippen LogP contribution >= 0.6 is 11.3 Å². The van der Waals surface area contributed by atoms with Crippen LogP contribution in [-0.2, 0) is 60.8 Å². The number of carboxylic acids is 1. The van der Waals surface area contributed by atoms with E-state index >= 15 is 0 Å². The molecule has 2 heterocycles. The summed E-state index contributed by atoms with van der Waals surface area (Å²) in [4.78, 5) is 95.6. The van der Waals surface area contributed by atoms with Crippen molar-refractivity contribution in [2.45, 2.75) is 95.5 Å². The molecule has 9 N–H and O–H groups in total. The number of carbonyl (C=O) groups is 7. The fourth-order valence-corrected chi connectivity index (χ4v) is 12.3. The van der Waals surface area contributed by atoms with Crippen molar-refractivity contribution in [3.8, 4) is 0 Å². The minimum Gasteiger partial charge on any atom is -0.481 e. The summed E-state index contributed by atoms with van der Waals surface area (Å²) in [6.07, 6.45) is 4.35. The minimum atomic E-state index is -1.46. The zero-order valence-electron chi connectivity index (χ0n) is 38.5. The second-order valence-corrected chi connectivity index (χ2v) is 19.9. The Hall–Kier alpha value is -6.20. The number of thiazole rings is 1. The Balaban J connectivity index is 0.822. The van der Waals surface area contributed by atoms with Gasteiger partial charge in [-0.1, -0.05) is 61.9 Å². The maximum Gasteiger partial charge on any atom is 0.413 e. The highest BCUT2D eigenvalue weighted by molar-refractivity contribution is 7.10. The molecule has 70 heavy (non-hydrogen) atoms. The van der Waals surface area contributed by atoms with Crippen LogP contribution in [0.15, 0.2) is 77.7 Å². The van der Waals surface area contributed by atoms with Crippen molar-refractivity contribution in [3.05, 3.63) is 99.4 Å². The number of rotatable bonds is 18. The number of nitrogens with two attached hydrogens (primary N) is 1. The summed E-state index contributed by atoms with van der Waals surface area (Å²) in [5, 5.41) is 43.7. The number of anilines is 2. The van der Waals surface area contributed by atoms with Crippen molar-refractivity contribution in [2.24, 2.45) is 34.5 Å². The van der Waals surface area contributed by atoms with Gasteiger partial charge in [0.15, 0.2) is 23.5 Å². The topological polar surface area (TPSA) is 304 Å². The first-order chi connectivity index (χ1) is 33.5. The zero-order chi connectivity index (χ0) is 50.0. The molecule has 3 aromatic rings. The number of hydrogen-bond acceptors (Lipinski definition) is 16. The van der Waals surface area contributed by atoms with Gasteiger partial charge in [-0.3, -0.25) is 38.9 Å². The third kappa shape index (κ3) is 10.0. The summed E-state index contributed by atoms with van der Waals surface area (Å²) in [6, 6.07) is 12.6. The van der Waals surface area contributed by atoms with Crippen LogP contribution in [0, 0.1) is 28.6 Å². The first-order valence-corrected chi connectivity index (χ1v) is 23.9. The molecule has 4 amide bonds. The van der Waals surface area contributed by atoms with E-state index in [-0.39, 0.29) is 43.0 Å². The monoisotopic (exact) mass is 984 g/mol. The number of Topliss-reactive ketones (excluding diaryl/α,β-unsaturated/α-hetero) is 1. The Kier molecular flexibility index (Phi) is 14.8. The SMILES string of the molecule is C[C@]12C=CC(=O)C=C1CC[C@@H]1[C@@H]2[C@@H](O)C[C@@]2(C)[C@H]1C[C@H]1O[C@H](c3ccc(Cc4nc(NC(=O)OCc5ccc(NC(=O)[C@H](CCC(=O)O)NC(=O)CNC(=O)CON)cc5)cs4)cc3)O[C@]12C(=O)CO. The Morgan fingerprint density at radius 2 is 1.76 bits per heavy atom. The van der Waals surface area contributed by atoms with Crippen LogP contribution in [0.25, 0.3) is 0 Å². The number of ketones is 2. The van der Waals surface area contributed by atoms with Crippen molar-refractivity contribution in [1.29, 1.82) is 0 Å². The van der Waals surface area contributed by atoms with Crippen molar-refractivity contribution >= 4 is 64.2 Å². The van der Waals surface area contributed by atoms with Crippen LogP contribution in [0.5, 0.6) is 0 Å². The molecule has 20 nitrogen and oxygen atoms in total. The van der Waals surface area contributed by atoms with Crippen LogP contribution in [0.3, 0.4) is 0 Å². The molecule has 21 heteroatoms. The maximum absolute atomic E-state index is 13.9. The maximum atomic E-state index is 13.9. The molecule has 0 bridgehead atoms. The van der Waals surface area contributed by atoms with Gasteiger partial charge in [-0.05, 0) is 79.4 Å². The predicted molar refractivity (Wildman–Crippen MR) is 249 cm³/mol. The molecule has 5 aliphatic rings. The number of hydrogen-bond donors (Lipinski definition) is 8. The first kappa shape index (κ1) is 50.2. The van der Waals surface area contributed by atoms with Gasteiger partial charge in [0.2, 0.25) is 17.7 Å². The Labute approximate surface area is 406 Å². The molecule has 3 saturated carbocycles. The number of nitrogens with one attached hydrogen (secondary N) is 4. The molecule has 4 aliphatic carbocycles. The fraction of sp³-hybridized carbons (Fsp3) is 0.469. The Morgan fingerprint density at radius 1 is 1.01 bits per heavy atom. The number of benzene rings is 2. The molecule has 0 radical (unpaired) electrons. The van der Waals surface area contributed by atoms with Crippen molar-refractivity contribution in [1.82, 2.24) is 15.6 Å². The third-order valence-corrected chi connectivity index (χ3v) is 15.6. The first-order valence-electron chi connectivity index (χ1n) is 23.0. The summed E-state index contributed by atoms with van der Waals surface area (Å²) in [6.45, 7) is 2.29. The van der Waals surface area contributed by atoms with E-state index in [1.54, 1.807) is 41.8 Å². The minimum absolute atomic E-state index is 0.0197. The molecule has 1 saturated heterocycles. The van der Waals surface area contributed by atoms with E-state index in [1.165, 1.54) is 11.3 Å². The van der Waals surface area contributed by atoms with Gasteiger partial charge in [-0.25, -0.2) is 15.7 Å². The van der Waals surface area contributed by atoms with E-state index in [2.05, 4.69) is 38.0 Å². The molecular formula is C49H56N6O14S. The van der Waals surface area contributed by atoms with E-state index in [0.29, 0.717) is 40.5 Å². The lowest BCUT2D eigenvalue weighted by molar-refractivity contribution is -0.201. The number of nitrogens with zero attached hydrogens (tertiary/aromatic N) is 1. The number of carboxylic acid groups (broad SMARTS) is 1. The largest absolute Gasteiger partial charge is 0.481 e. The van der Waals surface area contributed by atoms with Gasteiger partial charge in [0.05, 0.1) is 23.8 Å². The summed E-state index contributed by atoms with van der Waals surface area (Å²) in [5.41, 5.74) is 0.811. The van der Waals surface area contributed by atoms with E-state index in [4.69, 9.17) is 25.2 Å². The highest BCUT2D eigenvalue weighted by Crippen LogP contribution is 2.70. The van der Waals surface area contributed by atoms with Gasteiger partial charge in [0.25, 0.3) is 0 Å². The number of ether oxygens (including phenoxy) is 3. The number of amides is 4. The average molecular weight is 985 g/mol. The number of fused-ring (bicyclic) bond motifs is 7. The van der Waals surface area contributed by atoms with Crippen LogP contribution < -0.4 is 27.2 Å². The average Bonchev–Trinajstić information content (AvgIpc) is 4.01. The predicted octanol–water partition coefficient (Wildman–Crippen LogP) is 3.38. The summed E-state index contributed by atoms with van der Waals surface area (Å²) in [7, 11) is 0. The number of aliphatic hydroxyl groups is 2. The van der Waals surface area contributed by atoms with Gasteiger partial charge in [-0.15, -0.1) is 11.3 Å². The van der Waals surface area contributed by atoms with E-state index in [0.717, 1.165) is 24.0 Å². The number of carbonyl (C=O) groups excluding carboxylic acids is 6. The van der Waals surface area contributed by atoms with E-state index < -0.39 is 103 Å². The van der Waals surface area contributed by atoms with Gasteiger partial charge in [0, 0.05) is 46.2 Å². The van der Waals surface area contributed by atoms with Crippen LogP contribution in [-0.4, -0.2) is 105 Å². The summed E-state index contributed by atoms with van der Waals surface area (Å²) >= 11 is 1.35. The lowest BCUT2D eigenvalue weighted by atomic mass is 9.46. The smallest absolute Gasteiger partial charge is 0.413 e. The van der Waals surface area contributed by atoms with Crippen molar-refractivity contribution in [3.63, 3.8) is 0 Å². The summed E-state index contributed by atoms with van der Waals surface area (Å²) < 4.78 is 18.7. The van der Waals surface area contributed by atoms with Gasteiger partial charge < -0.3 is 45.5 Å². The van der Waals surface area contributed by atoms with Gasteiger partial charge in [0.1, 0.15) is 31.7 Å².